The molecule has 0 aromatic rings. The van der Waals surface area contributed by atoms with Gasteiger partial charge in [0.1, 0.15) is 5.54 Å². The molecule has 3 fully saturated rings. The van der Waals surface area contributed by atoms with Gasteiger partial charge in [-0.05, 0) is 51.7 Å². The van der Waals surface area contributed by atoms with Gasteiger partial charge in [0.2, 0.25) is 0 Å². The molecule has 0 aliphatic carbocycles. The zero-order valence-electron chi connectivity index (χ0n) is 12.9. The van der Waals surface area contributed by atoms with Crippen LogP contribution in [0.2, 0.25) is 0 Å². The van der Waals surface area contributed by atoms with E-state index in [1.165, 1.54) is 4.90 Å². The number of piperidine rings is 2. The van der Waals surface area contributed by atoms with Crippen LogP contribution < -0.4 is 10.6 Å². The van der Waals surface area contributed by atoms with E-state index in [9.17, 15) is 9.59 Å². The highest BCUT2D eigenvalue weighted by Gasteiger charge is 2.53. The summed E-state index contributed by atoms with van der Waals surface area (Å²) in [5.41, 5.74) is -0.619. The molecule has 3 saturated heterocycles. The standard InChI is InChI=1S/C15H26N4O2/c1-2-9-18-10-5-15(6-11-18)13(20)19(14(21)17-15)12-3-7-16-8-4-12/h12,16H,2-11H2,1H3,(H,17,21). The number of amides is 3. The number of likely N-dealkylation sites (tertiary alicyclic amines) is 1. The van der Waals surface area contributed by atoms with Crippen LogP contribution in [0.25, 0.3) is 0 Å². The summed E-state index contributed by atoms with van der Waals surface area (Å²) in [4.78, 5) is 29.1. The maximum absolute atomic E-state index is 12.9. The molecular weight excluding hydrogens is 268 g/mol. The van der Waals surface area contributed by atoms with Gasteiger partial charge in [0, 0.05) is 19.1 Å². The fourth-order valence-corrected chi connectivity index (χ4v) is 3.85. The van der Waals surface area contributed by atoms with Gasteiger partial charge in [0.05, 0.1) is 0 Å². The van der Waals surface area contributed by atoms with Crippen molar-refractivity contribution in [2.45, 2.75) is 50.6 Å². The molecule has 0 unspecified atom stereocenters. The van der Waals surface area contributed by atoms with Crippen LogP contribution in [-0.4, -0.2) is 66.0 Å². The maximum Gasteiger partial charge on any atom is 0.325 e. The molecule has 21 heavy (non-hydrogen) atoms. The van der Waals surface area contributed by atoms with Crippen molar-refractivity contribution >= 4 is 11.9 Å². The van der Waals surface area contributed by atoms with Crippen LogP contribution in [-0.2, 0) is 4.79 Å². The molecule has 3 heterocycles. The van der Waals surface area contributed by atoms with E-state index in [2.05, 4.69) is 22.5 Å². The summed E-state index contributed by atoms with van der Waals surface area (Å²) < 4.78 is 0. The fourth-order valence-electron chi connectivity index (χ4n) is 3.85. The van der Waals surface area contributed by atoms with Gasteiger partial charge in [-0.2, -0.15) is 0 Å². The number of rotatable bonds is 3. The summed E-state index contributed by atoms with van der Waals surface area (Å²) in [6.07, 6.45) is 4.38. The first-order valence-corrected chi connectivity index (χ1v) is 8.25. The number of carbonyl (C=O) groups excluding carboxylic acids is 2. The quantitative estimate of drug-likeness (QED) is 0.746. The highest BCUT2D eigenvalue weighted by Crippen LogP contribution is 2.32. The Morgan fingerprint density at radius 3 is 2.48 bits per heavy atom. The molecule has 0 radical (unpaired) electrons. The molecular formula is C15H26N4O2. The van der Waals surface area contributed by atoms with E-state index in [0.717, 1.165) is 64.8 Å². The molecule has 0 aromatic heterocycles. The Bertz CT molecular complexity index is 412. The average molecular weight is 294 g/mol. The lowest BCUT2D eigenvalue weighted by Crippen LogP contribution is -2.55. The number of nitrogens with zero attached hydrogens (tertiary/aromatic N) is 2. The summed E-state index contributed by atoms with van der Waals surface area (Å²) in [5, 5.41) is 6.30. The monoisotopic (exact) mass is 294 g/mol. The molecule has 118 valence electrons. The molecule has 3 rings (SSSR count). The lowest BCUT2D eigenvalue weighted by atomic mass is 9.87. The van der Waals surface area contributed by atoms with Crippen molar-refractivity contribution in [3.63, 3.8) is 0 Å². The van der Waals surface area contributed by atoms with Gasteiger partial charge in [0.25, 0.3) is 5.91 Å². The molecule has 6 heteroatoms. The predicted molar refractivity (Wildman–Crippen MR) is 80.0 cm³/mol. The molecule has 3 aliphatic heterocycles. The van der Waals surface area contributed by atoms with Gasteiger partial charge in [0.15, 0.2) is 0 Å². The van der Waals surface area contributed by atoms with Crippen molar-refractivity contribution in [2.24, 2.45) is 0 Å². The van der Waals surface area contributed by atoms with Crippen molar-refractivity contribution in [2.75, 3.05) is 32.7 Å². The van der Waals surface area contributed by atoms with Crippen molar-refractivity contribution in [1.82, 2.24) is 20.4 Å². The van der Waals surface area contributed by atoms with Gasteiger partial charge >= 0.3 is 6.03 Å². The Morgan fingerprint density at radius 2 is 1.86 bits per heavy atom. The summed E-state index contributed by atoms with van der Waals surface area (Å²) in [6, 6.07) is -0.0948. The first-order chi connectivity index (χ1) is 10.2. The van der Waals surface area contributed by atoms with Crippen LogP contribution in [0.1, 0.15) is 39.0 Å². The number of hydrogen-bond acceptors (Lipinski definition) is 4. The Hall–Kier alpha value is -1.14. The normalized spacial score (nSPS) is 27.4. The second-order valence-corrected chi connectivity index (χ2v) is 6.51. The van der Waals surface area contributed by atoms with Crippen LogP contribution in [0.15, 0.2) is 0 Å². The van der Waals surface area contributed by atoms with Gasteiger partial charge in [-0.1, -0.05) is 6.92 Å². The first kappa shape index (κ1) is 14.8. The highest BCUT2D eigenvalue weighted by atomic mass is 16.2. The Morgan fingerprint density at radius 1 is 1.19 bits per heavy atom. The minimum atomic E-state index is -0.619. The largest absolute Gasteiger partial charge is 0.325 e. The van der Waals surface area contributed by atoms with Gasteiger partial charge in [-0.25, -0.2) is 4.79 Å². The Labute approximate surface area is 126 Å². The number of nitrogens with one attached hydrogen (secondary N) is 2. The molecule has 3 aliphatic rings. The van der Waals surface area contributed by atoms with Crippen LogP contribution >= 0.6 is 0 Å². The van der Waals surface area contributed by atoms with E-state index in [4.69, 9.17) is 0 Å². The van der Waals surface area contributed by atoms with Crippen LogP contribution in [0, 0.1) is 0 Å². The Balaban J connectivity index is 1.68. The average Bonchev–Trinajstić information content (AvgIpc) is 2.74. The van der Waals surface area contributed by atoms with E-state index in [-0.39, 0.29) is 18.0 Å². The second kappa shape index (κ2) is 5.93. The lowest BCUT2D eigenvalue weighted by Gasteiger charge is -2.37. The molecule has 2 N–H and O–H groups in total. The number of imide groups is 1. The third-order valence-electron chi connectivity index (χ3n) is 5.12. The predicted octanol–water partition coefficient (Wildman–Crippen LogP) is 0.535. The summed E-state index contributed by atoms with van der Waals surface area (Å²) >= 11 is 0. The van der Waals surface area contributed by atoms with E-state index in [1.807, 2.05) is 0 Å². The SMILES string of the molecule is CCCN1CCC2(CC1)NC(=O)N(C1CCNCC1)C2=O. The van der Waals surface area contributed by atoms with Crippen molar-refractivity contribution in [1.29, 1.82) is 0 Å². The summed E-state index contributed by atoms with van der Waals surface area (Å²) in [5.74, 6) is 0.0237. The number of hydrogen-bond donors (Lipinski definition) is 2. The second-order valence-electron chi connectivity index (χ2n) is 6.51. The van der Waals surface area contributed by atoms with Gasteiger partial charge < -0.3 is 15.5 Å². The minimum Gasteiger partial charge on any atom is -0.323 e. The van der Waals surface area contributed by atoms with Gasteiger partial charge in [-0.3, -0.25) is 9.69 Å². The van der Waals surface area contributed by atoms with E-state index < -0.39 is 5.54 Å². The third-order valence-corrected chi connectivity index (χ3v) is 5.12. The van der Waals surface area contributed by atoms with Crippen LogP contribution in [0.4, 0.5) is 4.79 Å². The molecule has 0 bridgehead atoms. The van der Waals surface area contributed by atoms with Crippen molar-refractivity contribution in [3.8, 4) is 0 Å². The topological polar surface area (TPSA) is 64.7 Å². The van der Waals surface area contributed by atoms with Crippen molar-refractivity contribution < 1.29 is 9.59 Å². The molecule has 1 spiro atoms. The molecule has 6 nitrogen and oxygen atoms in total. The van der Waals surface area contributed by atoms with E-state index in [0.29, 0.717) is 0 Å². The zero-order valence-corrected chi connectivity index (χ0v) is 12.9. The highest BCUT2D eigenvalue weighted by molar-refractivity contribution is 6.07. The van der Waals surface area contributed by atoms with Gasteiger partial charge in [-0.15, -0.1) is 0 Å². The third kappa shape index (κ3) is 2.66. The van der Waals surface area contributed by atoms with Crippen LogP contribution in [0.3, 0.4) is 0 Å². The lowest BCUT2D eigenvalue weighted by molar-refractivity contribution is -0.134. The fraction of sp³-hybridized carbons (Fsp3) is 0.867. The van der Waals surface area contributed by atoms with Crippen LogP contribution in [0.5, 0.6) is 0 Å². The molecule has 3 amide bonds. The first-order valence-electron chi connectivity index (χ1n) is 8.25. The summed E-state index contributed by atoms with van der Waals surface area (Å²) in [6.45, 7) is 6.83. The smallest absolute Gasteiger partial charge is 0.323 e. The van der Waals surface area contributed by atoms with Crippen molar-refractivity contribution in [3.05, 3.63) is 0 Å². The minimum absolute atomic E-state index is 0.0237. The van der Waals surface area contributed by atoms with E-state index in [1.54, 1.807) is 0 Å². The number of carbonyl (C=O) groups is 2. The van der Waals surface area contributed by atoms with E-state index >= 15 is 0 Å². The zero-order chi connectivity index (χ0) is 14.9. The molecule has 0 saturated carbocycles. The number of urea groups is 1. The molecule has 0 aromatic carbocycles. The summed E-state index contributed by atoms with van der Waals surface area (Å²) in [7, 11) is 0. The maximum atomic E-state index is 12.9. The Kier molecular flexibility index (Phi) is 4.17. The molecule has 0 atom stereocenters.